The Bertz CT molecular complexity index is 704. The number of aryl methyl sites for hydroxylation is 1. The van der Waals surface area contributed by atoms with Crippen LogP contribution in [0, 0.1) is 12.7 Å². The smallest absolute Gasteiger partial charge is 0.273 e. The molecule has 1 aromatic heterocycles. The molecular weight excluding hydrogens is 309 g/mol. The minimum absolute atomic E-state index is 0.0117. The monoisotopic (exact) mass is 323 g/mol. The van der Waals surface area contributed by atoms with Crippen LogP contribution >= 0.6 is 11.6 Å². The first-order chi connectivity index (χ1) is 10.5. The standard InChI is InChI=1S/C15H15ClFN3O2/c1-9-14(18-8-22-9)15(21)19-10-4-5-20(7-10)11-2-3-12(16)13(17)6-11/h2-3,6,8,10H,4-5,7H2,1H3,(H,19,21)/t10-/m1/s1. The SMILES string of the molecule is Cc1ocnc1C(=O)N[C@@H]1CCN(c2ccc(Cl)c(F)c2)C1. The average molecular weight is 324 g/mol. The lowest BCUT2D eigenvalue weighted by atomic mass is 10.2. The van der Waals surface area contributed by atoms with E-state index in [1.807, 2.05) is 4.90 Å². The number of hydrogen-bond acceptors (Lipinski definition) is 4. The molecule has 2 heterocycles. The Labute approximate surface area is 132 Å². The van der Waals surface area contributed by atoms with Gasteiger partial charge in [-0.15, -0.1) is 0 Å². The molecule has 1 fully saturated rings. The van der Waals surface area contributed by atoms with Gasteiger partial charge in [0.25, 0.3) is 5.91 Å². The van der Waals surface area contributed by atoms with E-state index in [2.05, 4.69) is 10.3 Å². The lowest BCUT2D eigenvalue weighted by Crippen LogP contribution is -2.37. The van der Waals surface area contributed by atoms with E-state index in [1.165, 1.54) is 18.5 Å². The van der Waals surface area contributed by atoms with E-state index in [0.29, 0.717) is 18.0 Å². The Morgan fingerprint density at radius 1 is 1.55 bits per heavy atom. The molecule has 116 valence electrons. The maximum Gasteiger partial charge on any atom is 0.273 e. The second-order valence-corrected chi connectivity index (χ2v) is 5.67. The second-order valence-electron chi connectivity index (χ2n) is 5.26. The zero-order valence-corrected chi connectivity index (χ0v) is 12.7. The lowest BCUT2D eigenvalue weighted by molar-refractivity contribution is 0.0934. The van der Waals surface area contributed by atoms with Crippen LogP contribution in [0.1, 0.15) is 22.7 Å². The van der Waals surface area contributed by atoms with Gasteiger partial charge in [0.1, 0.15) is 11.6 Å². The van der Waals surface area contributed by atoms with Gasteiger partial charge in [-0.3, -0.25) is 4.79 Å². The Morgan fingerprint density at radius 2 is 2.36 bits per heavy atom. The molecule has 0 radical (unpaired) electrons. The third-order valence-electron chi connectivity index (χ3n) is 3.75. The number of aromatic nitrogens is 1. The number of carbonyl (C=O) groups excluding carboxylic acids is 1. The maximum absolute atomic E-state index is 13.5. The van der Waals surface area contributed by atoms with Crippen molar-refractivity contribution >= 4 is 23.2 Å². The van der Waals surface area contributed by atoms with Gasteiger partial charge in [-0.25, -0.2) is 9.37 Å². The number of benzene rings is 1. The van der Waals surface area contributed by atoms with Gasteiger partial charge in [-0.05, 0) is 31.5 Å². The van der Waals surface area contributed by atoms with Gasteiger partial charge in [0.2, 0.25) is 0 Å². The molecule has 5 nitrogen and oxygen atoms in total. The summed E-state index contributed by atoms with van der Waals surface area (Å²) >= 11 is 5.69. The van der Waals surface area contributed by atoms with Gasteiger partial charge in [-0.1, -0.05) is 11.6 Å². The van der Waals surface area contributed by atoms with E-state index in [1.54, 1.807) is 13.0 Å². The van der Waals surface area contributed by atoms with Crippen molar-refractivity contribution in [3.63, 3.8) is 0 Å². The fourth-order valence-corrected chi connectivity index (χ4v) is 2.69. The van der Waals surface area contributed by atoms with Crippen LogP contribution in [0.3, 0.4) is 0 Å². The molecule has 7 heteroatoms. The fourth-order valence-electron chi connectivity index (χ4n) is 2.57. The summed E-state index contributed by atoms with van der Waals surface area (Å²) in [6.07, 6.45) is 2.04. The number of anilines is 1. The molecule has 1 saturated heterocycles. The summed E-state index contributed by atoms with van der Waals surface area (Å²) in [6, 6.07) is 4.71. The Hall–Kier alpha value is -2.08. The second kappa shape index (κ2) is 5.96. The van der Waals surface area contributed by atoms with Gasteiger partial charge >= 0.3 is 0 Å². The highest BCUT2D eigenvalue weighted by Gasteiger charge is 2.26. The summed E-state index contributed by atoms with van der Waals surface area (Å²) in [6.45, 7) is 3.05. The summed E-state index contributed by atoms with van der Waals surface area (Å²) in [5.41, 5.74) is 1.06. The predicted molar refractivity (Wildman–Crippen MR) is 80.7 cm³/mol. The number of amides is 1. The molecule has 1 aliphatic heterocycles. The molecule has 0 spiro atoms. The highest BCUT2D eigenvalue weighted by molar-refractivity contribution is 6.30. The van der Waals surface area contributed by atoms with Crippen molar-refractivity contribution in [2.75, 3.05) is 18.0 Å². The zero-order valence-electron chi connectivity index (χ0n) is 12.0. The number of carbonyl (C=O) groups is 1. The molecule has 2 aromatic rings. The number of nitrogens with one attached hydrogen (secondary N) is 1. The first-order valence-corrected chi connectivity index (χ1v) is 7.33. The molecule has 1 N–H and O–H groups in total. The van der Waals surface area contributed by atoms with Crippen LogP contribution in [-0.4, -0.2) is 30.0 Å². The van der Waals surface area contributed by atoms with Crippen molar-refractivity contribution in [2.24, 2.45) is 0 Å². The number of oxazole rings is 1. The fraction of sp³-hybridized carbons (Fsp3) is 0.333. The number of hydrogen-bond donors (Lipinski definition) is 1. The van der Waals surface area contributed by atoms with Crippen LogP contribution in [0.5, 0.6) is 0 Å². The van der Waals surface area contributed by atoms with E-state index in [9.17, 15) is 9.18 Å². The van der Waals surface area contributed by atoms with Crippen molar-refractivity contribution in [2.45, 2.75) is 19.4 Å². The highest BCUT2D eigenvalue weighted by atomic mass is 35.5. The molecule has 0 saturated carbocycles. The van der Waals surface area contributed by atoms with Crippen molar-refractivity contribution in [3.8, 4) is 0 Å². The Morgan fingerprint density at radius 3 is 3.05 bits per heavy atom. The molecule has 1 amide bonds. The quantitative estimate of drug-likeness (QED) is 0.943. The van der Waals surface area contributed by atoms with E-state index in [4.69, 9.17) is 16.0 Å². The van der Waals surface area contributed by atoms with Gasteiger partial charge in [0.15, 0.2) is 12.1 Å². The third-order valence-corrected chi connectivity index (χ3v) is 4.06. The van der Waals surface area contributed by atoms with Crippen molar-refractivity contribution < 1.29 is 13.6 Å². The largest absolute Gasteiger partial charge is 0.448 e. The minimum Gasteiger partial charge on any atom is -0.448 e. The van der Waals surface area contributed by atoms with Crippen LogP contribution in [0.15, 0.2) is 29.0 Å². The van der Waals surface area contributed by atoms with Crippen LogP contribution < -0.4 is 10.2 Å². The van der Waals surface area contributed by atoms with Crippen LogP contribution in [0.2, 0.25) is 5.02 Å². The topological polar surface area (TPSA) is 58.4 Å². The highest BCUT2D eigenvalue weighted by Crippen LogP contribution is 2.25. The van der Waals surface area contributed by atoms with E-state index in [0.717, 1.165) is 18.7 Å². The molecule has 1 aromatic carbocycles. The van der Waals surface area contributed by atoms with Gasteiger partial charge in [0.05, 0.1) is 5.02 Å². The summed E-state index contributed by atoms with van der Waals surface area (Å²) in [4.78, 5) is 18.0. The molecule has 0 unspecified atom stereocenters. The van der Waals surface area contributed by atoms with Crippen LogP contribution in [0.25, 0.3) is 0 Å². The maximum atomic E-state index is 13.5. The molecular formula is C15H15ClFN3O2. The Kier molecular flexibility index (Phi) is 4.02. The minimum atomic E-state index is -0.440. The summed E-state index contributed by atoms with van der Waals surface area (Å²) in [5.74, 6) is -0.197. The van der Waals surface area contributed by atoms with E-state index >= 15 is 0 Å². The summed E-state index contributed by atoms with van der Waals surface area (Å²) < 4.78 is 18.6. The third kappa shape index (κ3) is 2.92. The van der Waals surface area contributed by atoms with Crippen molar-refractivity contribution in [1.29, 1.82) is 0 Å². The molecule has 1 aliphatic rings. The molecule has 1 atom stereocenters. The summed E-state index contributed by atoms with van der Waals surface area (Å²) in [5, 5.41) is 3.03. The first-order valence-electron chi connectivity index (χ1n) is 6.95. The van der Waals surface area contributed by atoms with E-state index in [-0.39, 0.29) is 17.0 Å². The molecule has 0 bridgehead atoms. The van der Waals surface area contributed by atoms with Gasteiger partial charge in [-0.2, -0.15) is 0 Å². The van der Waals surface area contributed by atoms with Crippen molar-refractivity contribution in [1.82, 2.24) is 10.3 Å². The van der Waals surface area contributed by atoms with Crippen LogP contribution in [-0.2, 0) is 0 Å². The van der Waals surface area contributed by atoms with E-state index < -0.39 is 5.82 Å². The average Bonchev–Trinajstić information content (AvgIpc) is 3.11. The Balaban J connectivity index is 1.64. The molecule has 3 rings (SSSR count). The predicted octanol–water partition coefficient (Wildman–Crippen LogP) is 2.78. The molecule has 22 heavy (non-hydrogen) atoms. The number of rotatable bonds is 3. The van der Waals surface area contributed by atoms with Crippen molar-refractivity contribution in [3.05, 3.63) is 46.9 Å². The van der Waals surface area contributed by atoms with Crippen LogP contribution in [0.4, 0.5) is 10.1 Å². The first kappa shape index (κ1) is 14.8. The number of nitrogens with zero attached hydrogens (tertiary/aromatic N) is 2. The number of halogens is 2. The van der Waals surface area contributed by atoms with Gasteiger partial charge in [0, 0.05) is 24.8 Å². The van der Waals surface area contributed by atoms with Gasteiger partial charge < -0.3 is 14.6 Å². The lowest BCUT2D eigenvalue weighted by Gasteiger charge is -2.19. The zero-order chi connectivity index (χ0) is 15.7. The summed E-state index contributed by atoms with van der Waals surface area (Å²) in [7, 11) is 0. The normalized spacial score (nSPS) is 17.8. The molecule has 0 aliphatic carbocycles.